The maximum atomic E-state index is 12.2. The van der Waals surface area contributed by atoms with Crippen molar-refractivity contribution >= 4 is 15.9 Å². The van der Waals surface area contributed by atoms with Crippen LogP contribution in [0.2, 0.25) is 0 Å². The van der Waals surface area contributed by atoms with Gasteiger partial charge in [-0.2, -0.15) is 0 Å². The van der Waals surface area contributed by atoms with Gasteiger partial charge in [-0.1, -0.05) is 91.0 Å². The molecule has 0 aliphatic carbocycles. The van der Waals surface area contributed by atoms with E-state index >= 15 is 0 Å². The zero-order valence-corrected chi connectivity index (χ0v) is 14.5. The van der Waals surface area contributed by atoms with Crippen molar-refractivity contribution in [2.24, 2.45) is 0 Å². The van der Waals surface area contributed by atoms with Crippen LogP contribution in [0, 0.1) is 10.1 Å². The average molecular weight is 382 g/mol. The second kappa shape index (κ2) is 6.97. The number of alkyl halides is 1. The lowest BCUT2D eigenvalue weighted by Crippen LogP contribution is -2.36. The molecule has 0 saturated carbocycles. The molecular formula is C20H16BrNO2. The first-order valence-electron chi connectivity index (χ1n) is 7.63. The fourth-order valence-corrected chi connectivity index (χ4v) is 3.77. The second-order valence-corrected chi connectivity index (χ2v) is 6.76. The van der Waals surface area contributed by atoms with Gasteiger partial charge < -0.3 is 0 Å². The third kappa shape index (κ3) is 2.97. The van der Waals surface area contributed by atoms with Gasteiger partial charge >= 0.3 is 4.45 Å². The Morgan fingerprint density at radius 1 is 0.750 bits per heavy atom. The first-order valence-corrected chi connectivity index (χ1v) is 8.42. The number of hydrogen-bond acceptors (Lipinski definition) is 2. The van der Waals surface area contributed by atoms with Crippen molar-refractivity contribution in [3.8, 4) is 0 Å². The van der Waals surface area contributed by atoms with Crippen LogP contribution in [0.5, 0.6) is 0 Å². The first-order chi connectivity index (χ1) is 11.6. The predicted molar refractivity (Wildman–Crippen MR) is 98.8 cm³/mol. The Labute approximate surface area is 149 Å². The number of benzene rings is 3. The number of nitro groups is 1. The Bertz CT molecular complexity index is 769. The van der Waals surface area contributed by atoms with E-state index in [-0.39, 0.29) is 4.92 Å². The van der Waals surface area contributed by atoms with E-state index in [2.05, 4.69) is 15.9 Å². The van der Waals surface area contributed by atoms with Crippen LogP contribution in [-0.2, 0) is 4.45 Å². The summed E-state index contributed by atoms with van der Waals surface area (Å²) in [7, 11) is 0. The summed E-state index contributed by atoms with van der Waals surface area (Å²) in [4.78, 5) is 11.9. The predicted octanol–water partition coefficient (Wildman–Crippen LogP) is 5.34. The monoisotopic (exact) mass is 381 g/mol. The molecule has 0 N–H and O–H groups in total. The summed E-state index contributed by atoms with van der Waals surface area (Å²) in [5.41, 5.74) is 2.40. The molecule has 0 spiro atoms. The highest BCUT2D eigenvalue weighted by molar-refractivity contribution is 9.09. The molecule has 3 nitrogen and oxygen atoms in total. The van der Waals surface area contributed by atoms with Crippen LogP contribution in [-0.4, -0.2) is 4.92 Å². The standard InChI is InChI=1S/C20H16BrNO2/c21-20(22(23)24,18-14-8-3-9-15-18)19(16-10-4-1-5-11-16)17-12-6-2-7-13-17/h1-15,19H/t20-/m1/s1. The highest BCUT2D eigenvalue weighted by Crippen LogP contribution is 2.48. The van der Waals surface area contributed by atoms with Gasteiger partial charge in [-0.3, -0.25) is 10.1 Å². The number of rotatable bonds is 5. The fraction of sp³-hybridized carbons (Fsp3) is 0.100. The third-order valence-electron chi connectivity index (χ3n) is 4.09. The maximum Gasteiger partial charge on any atom is 0.310 e. The zero-order valence-electron chi connectivity index (χ0n) is 12.9. The molecule has 3 aromatic carbocycles. The van der Waals surface area contributed by atoms with E-state index in [1.54, 1.807) is 12.1 Å². The van der Waals surface area contributed by atoms with E-state index in [1.165, 1.54) is 0 Å². The molecular weight excluding hydrogens is 366 g/mol. The minimum atomic E-state index is -1.45. The van der Waals surface area contributed by atoms with Crippen LogP contribution in [0.4, 0.5) is 0 Å². The van der Waals surface area contributed by atoms with Crippen LogP contribution >= 0.6 is 15.9 Å². The summed E-state index contributed by atoms with van der Waals surface area (Å²) in [5.74, 6) is -0.461. The smallest absolute Gasteiger partial charge is 0.263 e. The summed E-state index contributed by atoms with van der Waals surface area (Å²) in [5, 5.41) is 12.2. The van der Waals surface area contributed by atoms with Gasteiger partial charge in [-0.05, 0) is 11.1 Å². The van der Waals surface area contributed by atoms with Gasteiger partial charge in [0.05, 0.1) is 5.92 Å². The van der Waals surface area contributed by atoms with Gasteiger partial charge in [0.15, 0.2) is 0 Å². The summed E-state index contributed by atoms with van der Waals surface area (Å²) >= 11 is 3.50. The van der Waals surface area contributed by atoms with Gasteiger partial charge in [0, 0.05) is 26.4 Å². The van der Waals surface area contributed by atoms with Gasteiger partial charge in [-0.15, -0.1) is 0 Å². The van der Waals surface area contributed by atoms with E-state index < -0.39 is 10.4 Å². The second-order valence-electron chi connectivity index (χ2n) is 5.55. The van der Waals surface area contributed by atoms with E-state index in [0.29, 0.717) is 5.56 Å². The molecule has 3 aromatic rings. The van der Waals surface area contributed by atoms with Gasteiger partial charge in [0.2, 0.25) is 0 Å². The molecule has 0 unspecified atom stereocenters. The molecule has 0 radical (unpaired) electrons. The molecule has 4 heteroatoms. The van der Waals surface area contributed by atoms with Crippen molar-refractivity contribution in [2.45, 2.75) is 10.4 Å². The summed E-state index contributed by atoms with van der Waals surface area (Å²) in [6.07, 6.45) is 0. The van der Waals surface area contributed by atoms with E-state index in [4.69, 9.17) is 0 Å². The largest absolute Gasteiger partial charge is 0.310 e. The molecule has 0 heterocycles. The summed E-state index contributed by atoms with van der Waals surface area (Å²) in [6.45, 7) is 0. The fourth-order valence-electron chi connectivity index (χ4n) is 2.97. The normalized spacial score (nSPS) is 13.4. The summed E-state index contributed by atoms with van der Waals surface area (Å²) in [6, 6.07) is 28.3. The SMILES string of the molecule is O=[N+]([O-])[C@](Br)(c1ccccc1)C(c1ccccc1)c1ccccc1. The van der Waals surface area contributed by atoms with Gasteiger partial charge in [0.1, 0.15) is 0 Å². The highest BCUT2D eigenvalue weighted by Gasteiger charge is 2.51. The molecule has 0 bridgehead atoms. The van der Waals surface area contributed by atoms with Crippen LogP contribution in [0.3, 0.4) is 0 Å². The van der Waals surface area contributed by atoms with Crippen LogP contribution < -0.4 is 0 Å². The average Bonchev–Trinajstić information content (AvgIpc) is 2.64. The Morgan fingerprint density at radius 3 is 1.50 bits per heavy atom. The van der Waals surface area contributed by atoms with E-state index in [9.17, 15) is 10.1 Å². The molecule has 3 rings (SSSR count). The van der Waals surface area contributed by atoms with Crippen molar-refractivity contribution in [3.63, 3.8) is 0 Å². The minimum absolute atomic E-state index is 0.243. The molecule has 0 fully saturated rings. The third-order valence-corrected chi connectivity index (χ3v) is 5.30. The van der Waals surface area contributed by atoms with Crippen molar-refractivity contribution in [1.29, 1.82) is 0 Å². The van der Waals surface area contributed by atoms with Gasteiger partial charge in [0.25, 0.3) is 0 Å². The lowest BCUT2D eigenvalue weighted by Gasteiger charge is -2.29. The molecule has 0 saturated heterocycles. The molecule has 24 heavy (non-hydrogen) atoms. The lowest BCUT2D eigenvalue weighted by atomic mass is 9.82. The Hall–Kier alpha value is -2.46. The molecule has 0 amide bonds. The van der Waals surface area contributed by atoms with E-state index in [1.807, 2.05) is 78.9 Å². The van der Waals surface area contributed by atoms with Crippen LogP contribution in [0.15, 0.2) is 91.0 Å². The molecule has 1 atom stereocenters. The highest BCUT2D eigenvalue weighted by atomic mass is 79.9. The molecule has 0 aliphatic rings. The molecule has 0 aliphatic heterocycles. The van der Waals surface area contributed by atoms with Crippen molar-refractivity contribution in [1.82, 2.24) is 0 Å². The number of nitrogens with zero attached hydrogens (tertiary/aromatic N) is 1. The summed E-state index contributed by atoms with van der Waals surface area (Å²) < 4.78 is -1.45. The van der Waals surface area contributed by atoms with Crippen molar-refractivity contribution < 1.29 is 4.92 Å². The maximum absolute atomic E-state index is 12.2. The number of hydrogen-bond donors (Lipinski definition) is 0. The minimum Gasteiger partial charge on any atom is -0.263 e. The Morgan fingerprint density at radius 2 is 1.12 bits per heavy atom. The molecule has 0 aromatic heterocycles. The van der Waals surface area contributed by atoms with Crippen LogP contribution in [0.1, 0.15) is 22.6 Å². The van der Waals surface area contributed by atoms with Crippen LogP contribution in [0.25, 0.3) is 0 Å². The van der Waals surface area contributed by atoms with Crippen molar-refractivity contribution in [3.05, 3.63) is 118 Å². The van der Waals surface area contributed by atoms with Crippen molar-refractivity contribution in [2.75, 3.05) is 0 Å². The quantitative estimate of drug-likeness (QED) is 0.259. The Balaban J connectivity index is 2.25. The topological polar surface area (TPSA) is 43.1 Å². The first kappa shape index (κ1) is 16.4. The Kier molecular flexibility index (Phi) is 4.76. The van der Waals surface area contributed by atoms with Gasteiger partial charge in [-0.25, -0.2) is 0 Å². The molecule has 120 valence electrons. The zero-order chi connectivity index (χ0) is 17.0. The van der Waals surface area contributed by atoms with E-state index in [0.717, 1.165) is 11.1 Å². The lowest BCUT2D eigenvalue weighted by molar-refractivity contribution is -0.546. The number of halogens is 1.